The number of hydrogen-bond acceptors (Lipinski definition) is 4. The second-order valence-electron chi connectivity index (χ2n) is 8.40. The lowest BCUT2D eigenvalue weighted by Crippen LogP contribution is -2.24. The van der Waals surface area contributed by atoms with Crippen LogP contribution in [0.2, 0.25) is 5.02 Å². The zero-order valence-corrected chi connectivity index (χ0v) is 19.4. The minimum Gasteiger partial charge on any atom is -0.347 e. The number of hydrogen-bond donors (Lipinski definition) is 0. The molecule has 3 heterocycles. The number of fused-ring (bicyclic) bond motifs is 2. The molecule has 0 saturated carbocycles. The summed E-state index contributed by atoms with van der Waals surface area (Å²) in [5, 5.41) is 6.35. The first kappa shape index (κ1) is 20.0. The summed E-state index contributed by atoms with van der Waals surface area (Å²) in [6.45, 7) is 6.31. The van der Waals surface area contributed by atoms with Crippen LogP contribution in [0.3, 0.4) is 0 Å². The fourth-order valence-corrected chi connectivity index (χ4v) is 5.60. The van der Waals surface area contributed by atoms with E-state index in [0.717, 1.165) is 33.0 Å². The second kappa shape index (κ2) is 7.08. The van der Waals surface area contributed by atoms with Gasteiger partial charge < -0.3 is 4.90 Å². The molecule has 0 atom stereocenters. The van der Waals surface area contributed by atoms with Crippen LogP contribution in [-0.4, -0.2) is 22.6 Å². The van der Waals surface area contributed by atoms with E-state index in [4.69, 9.17) is 11.6 Å². The molecular weight excluding hydrogens is 426 g/mol. The van der Waals surface area contributed by atoms with Gasteiger partial charge >= 0.3 is 0 Å². The summed E-state index contributed by atoms with van der Waals surface area (Å²) in [6, 6.07) is 17.9. The van der Waals surface area contributed by atoms with Gasteiger partial charge in [0.1, 0.15) is 4.83 Å². The third-order valence-corrected chi connectivity index (χ3v) is 7.44. The molecule has 0 saturated heterocycles. The third kappa shape index (κ3) is 3.11. The molecule has 2 aromatic carbocycles. The third-order valence-electron chi connectivity index (χ3n) is 6.07. The van der Waals surface area contributed by atoms with Crippen molar-refractivity contribution in [3.8, 4) is 5.69 Å². The minimum absolute atomic E-state index is 0.0194. The lowest BCUT2D eigenvalue weighted by atomic mass is 9.83. The highest BCUT2D eigenvalue weighted by Gasteiger charge is 2.38. The lowest BCUT2D eigenvalue weighted by Gasteiger charge is -2.23. The first-order valence-corrected chi connectivity index (χ1v) is 11.3. The molecule has 0 fully saturated rings. The Labute approximate surface area is 190 Å². The molecule has 31 heavy (non-hydrogen) atoms. The van der Waals surface area contributed by atoms with Crippen molar-refractivity contribution in [3.05, 3.63) is 87.5 Å². The van der Waals surface area contributed by atoms with E-state index in [1.807, 2.05) is 55.1 Å². The van der Waals surface area contributed by atoms with Crippen LogP contribution in [0.15, 0.2) is 66.4 Å². The van der Waals surface area contributed by atoms with Crippen molar-refractivity contribution in [2.45, 2.75) is 26.2 Å². The van der Waals surface area contributed by atoms with Gasteiger partial charge in [-0.2, -0.15) is 5.10 Å². The number of likely N-dealkylation sites (N-methyl/N-ethyl adjacent to an activating group) is 1. The monoisotopic (exact) mass is 447 g/mol. The molecule has 6 heteroatoms. The van der Waals surface area contributed by atoms with Crippen molar-refractivity contribution >= 4 is 44.6 Å². The summed E-state index contributed by atoms with van der Waals surface area (Å²) in [5.74, 6) is 0.0194. The van der Waals surface area contributed by atoms with Gasteiger partial charge in [-0.15, -0.1) is 11.3 Å². The molecule has 4 nitrogen and oxygen atoms in total. The van der Waals surface area contributed by atoms with E-state index < -0.39 is 0 Å². The predicted molar refractivity (Wildman–Crippen MR) is 129 cm³/mol. The number of thiophene rings is 1. The Morgan fingerprint density at radius 2 is 1.84 bits per heavy atom. The van der Waals surface area contributed by atoms with Gasteiger partial charge in [0.15, 0.2) is 5.78 Å². The molecular formula is C25H22ClN3OS. The van der Waals surface area contributed by atoms with E-state index in [1.54, 1.807) is 6.08 Å². The van der Waals surface area contributed by atoms with Gasteiger partial charge in [-0.05, 0) is 48.9 Å². The summed E-state index contributed by atoms with van der Waals surface area (Å²) >= 11 is 7.51. The standard InChI is InChI=1S/C25H22ClN3OS/c1-15-18-13-22(31-24(18)29(27-15)17-11-9-16(26)10-12-17)21(30)14-23-25(2,3)19-7-5-6-8-20(19)28(23)4/h5-14H,1-4H3/b23-14+. The average Bonchev–Trinajstić information content (AvgIpc) is 3.37. The van der Waals surface area contributed by atoms with Crippen LogP contribution in [-0.2, 0) is 5.41 Å². The molecule has 2 aromatic heterocycles. The maximum atomic E-state index is 13.3. The number of aromatic nitrogens is 2. The van der Waals surface area contributed by atoms with Gasteiger partial charge in [0.2, 0.25) is 0 Å². The van der Waals surface area contributed by atoms with Crippen molar-refractivity contribution in [1.82, 2.24) is 9.78 Å². The number of aryl methyl sites for hydroxylation is 1. The Balaban J connectivity index is 1.56. The zero-order chi connectivity index (χ0) is 21.9. The first-order valence-electron chi connectivity index (χ1n) is 10.1. The molecule has 0 aliphatic carbocycles. The highest BCUT2D eigenvalue weighted by atomic mass is 35.5. The molecule has 0 unspecified atom stereocenters. The van der Waals surface area contributed by atoms with Crippen LogP contribution in [0, 0.1) is 6.92 Å². The Kier molecular flexibility index (Phi) is 4.57. The Hall–Kier alpha value is -2.89. The number of nitrogens with zero attached hydrogens (tertiary/aromatic N) is 3. The van der Waals surface area contributed by atoms with Crippen molar-refractivity contribution in [3.63, 3.8) is 0 Å². The zero-order valence-electron chi connectivity index (χ0n) is 17.8. The highest BCUT2D eigenvalue weighted by Crippen LogP contribution is 2.46. The van der Waals surface area contributed by atoms with Crippen LogP contribution in [0.25, 0.3) is 15.9 Å². The summed E-state index contributed by atoms with van der Waals surface area (Å²) < 4.78 is 1.89. The fourth-order valence-electron chi connectivity index (χ4n) is 4.38. The Morgan fingerprint density at radius 1 is 1.13 bits per heavy atom. The molecule has 5 rings (SSSR count). The Morgan fingerprint density at radius 3 is 2.55 bits per heavy atom. The SMILES string of the molecule is Cc1nn(-c2ccc(Cl)cc2)c2sc(C(=O)/C=C3/N(C)c4ccccc4C3(C)C)cc12. The maximum Gasteiger partial charge on any atom is 0.197 e. The largest absolute Gasteiger partial charge is 0.347 e. The van der Waals surface area contributed by atoms with Crippen LogP contribution in [0.4, 0.5) is 5.69 Å². The summed E-state index contributed by atoms with van der Waals surface area (Å²) in [4.78, 5) is 17.1. The number of ketones is 1. The molecule has 0 amide bonds. The number of anilines is 1. The minimum atomic E-state index is -0.228. The molecule has 1 aliphatic rings. The number of allylic oxidation sites excluding steroid dienone is 2. The normalized spacial score (nSPS) is 16.3. The molecule has 0 spiro atoms. The van der Waals surface area contributed by atoms with E-state index in [0.29, 0.717) is 9.90 Å². The van der Waals surface area contributed by atoms with E-state index in [2.05, 4.69) is 42.0 Å². The van der Waals surface area contributed by atoms with Gasteiger partial charge in [0, 0.05) is 40.3 Å². The van der Waals surface area contributed by atoms with Gasteiger partial charge in [-0.1, -0.05) is 43.6 Å². The Bertz CT molecular complexity index is 1360. The molecule has 0 bridgehead atoms. The molecule has 156 valence electrons. The fraction of sp³-hybridized carbons (Fsp3) is 0.200. The average molecular weight is 448 g/mol. The second-order valence-corrected chi connectivity index (χ2v) is 9.87. The van der Waals surface area contributed by atoms with Crippen molar-refractivity contribution in [1.29, 1.82) is 0 Å². The van der Waals surface area contributed by atoms with Crippen LogP contribution in [0.5, 0.6) is 0 Å². The van der Waals surface area contributed by atoms with Crippen LogP contribution >= 0.6 is 22.9 Å². The van der Waals surface area contributed by atoms with E-state index >= 15 is 0 Å². The molecule has 0 N–H and O–H groups in total. The lowest BCUT2D eigenvalue weighted by molar-refractivity contribution is 0.104. The van der Waals surface area contributed by atoms with Crippen molar-refractivity contribution < 1.29 is 4.79 Å². The molecule has 0 radical (unpaired) electrons. The van der Waals surface area contributed by atoms with E-state index in [-0.39, 0.29) is 11.2 Å². The van der Waals surface area contributed by atoms with Crippen molar-refractivity contribution in [2.24, 2.45) is 0 Å². The van der Waals surface area contributed by atoms with Crippen molar-refractivity contribution in [2.75, 3.05) is 11.9 Å². The smallest absolute Gasteiger partial charge is 0.197 e. The van der Waals surface area contributed by atoms with Crippen LogP contribution < -0.4 is 4.90 Å². The maximum absolute atomic E-state index is 13.3. The highest BCUT2D eigenvalue weighted by molar-refractivity contribution is 7.20. The summed E-state index contributed by atoms with van der Waals surface area (Å²) in [5.41, 5.74) is 4.99. The van der Waals surface area contributed by atoms with Crippen LogP contribution in [0.1, 0.15) is 34.8 Å². The molecule has 4 aromatic rings. The first-order chi connectivity index (χ1) is 14.8. The molecule has 1 aliphatic heterocycles. The van der Waals surface area contributed by atoms with Gasteiger partial charge in [-0.25, -0.2) is 4.68 Å². The summed E-state index contributed by atoms with van der Waals surface area (Å²) in [6.07, 6.45) is 1.79. The number of rotatable bonds is 3. The number of para-hydroxylation sites is 1. The van der Waals surface area contributed by atoms with Gasteiger partial charge in [0.25, 0.3) is 0 Å². The van der Waals surface area contributed by atoms with E-state index in [9.17, 15) is 4.79 Å². The number of carbonyl (C=O) groups excluding carboxylic acids is 1. The van der Waals surface area contributed by atoms with E-state index in [1.165, 1.54) is 16.9 Å². The van der Waals surface area contributed by atoms with Gasteiger partial charge in [0.05, 0.1) is 16.3 Å². The van der Waals surface area contributed by atoms with Gasteiger partial charge in [-0.3, -0.25) is 4.79 Å². The predicted octanol–water partition coefficient (Wildman–Crippen LogP) is 6.54. The number of benzene rings is 2. The number of carbonyl (C=O) groups is 1. The quantitative estimate of drug-likeness (QED) is 0.264. The summed E-state index contributed by atoms with van der Waals surface area (Å²) in [7, 11) is 2.03. The number of halogens is 1. The topological polar surface area (TPSA) is 38.1 Å².